The summed E-state index contributed by atoms with van der Waals surface area (Å²) < 4.78 is 0. The highest BCUT2D eigenvalue weighted by Crippen LogP contribution is 1.82. The van der Waals surface area contributed by atoms with Gasteiger partial charge in [0.05, 0.1) is 0 Å². The zero-order valence-electron chi connectivity index (χ0n) is 6.54. The van der Waals surface area contributed by atoms with Crippen molar-refractivity contribution in [2.75, 3.05) is 0 Å². The maximum absolute atomic E-state index is 5.61. The van der Waals surface area contributed by atoms with Crippen molar-refractivity contribution in [3.63, 3.8) is 0 Å². The van der Waals surface area contributed by atoms with Gasteiger partial charge in [-0.1, -0.05) is 42.6 Å². The molecule has 62 valence electrons. The summed E-state index contributed by atoms with van der Waals surface area (Å²) >= 11 is 0. The molecular weight excluding hydrogens is 141 g/mol. The van der Waals surface area contributed by atoms with Gasteiger partial charge >= 0.3 is 0 Å². The zero-order chi connectivity index (χ0) is 6.69. The lowest BCUT2D eigenvalue weighted by molar-refractivity contribution is 0.823. The van der Waals surface area contributed by atoms with Crippen LogP contribution in [0.25, 0.3) is 0 Å². The lowest BCUT2D eigenvalue weighted by Gasteiger charge is -1.97. The largest absolute Gasteiger partial charge is 0.412 e. The van der Waals surface area contributed by atoms with Gasteiger partial charge in [0.2, 0.25) is 6.85 Å². The van der Waals surface area contributed by atoms with Crippen LogP contribution in [0, 0.1) is 0 Å². The van der Waals surface area contributed by atoms with Crippen LogP contribution in [0.1, 0.15) is 0 Å². The SMILES string of the molecule is CB(N)c1ccccc1.O.O. The Bertz CT molecular complexity index is 179. The Kier molecular flexibility index (Phi) is 6.88. The van der Waals surface area contributed by atoms with Crippen LogP contribution in [0.15, 0.2) is 30.3 Å². The summed E-state index contributed by atoms with van der Waals surface area (Å²) in [5.74, 6) is 0. The van der Waals surface area contributed by atoms with Crippen molar-refractivity contribution in [3.8, 4) is 0 Å². The van der Waals surface area contributed by atoms with Gasteiger partial charge in [-0.15, -0.1) is 0 Å². The van der Waals surface area contributed by atoms with Gasteiger partial charge in [-0.25, -0.2) is 0 Å². The van der Waals surface area contributed by atoms with Crippen LogP contribution in [0.5, 0.6) is 0 Å². The molecule has 3 nitrogen and oxygen atoms in total. The van der Waals surface area contributed by atoms with E-state index in [2.05, 4.69) is 0 Å². The van der Waals surface area contributed by atoms with Gasteiger partial charge in [-0.05, 0) is 0 Å². The molecule has 0 bridgehead atoms. The molecule has 11 heavy (non-hydrogen) atoms. The van der Waals surface area contributed by atoms with Crippen molar-refractivity contribution in [1.82, 2.24) is 0 Å². The molecule has 0 saturated carbocycles. The predicted octanol–water partition coefficient (Wildman–Crippen LogP) is -1.18. The zero-order valence-corrected chi connectivity index (χ0v) is 6.54. The molecule has 0 spiro atoms. The number of hydrogen-bond donors (Lipinski definition) is 1. The molecule has 4 heteroatoms. The molecule has 0 amide bonds. The summed E-state index contributed by atoms with van der Waals surface area (Å²) in [5, 5.41) is 0. The Balaban J connectivity index is 0. The summed E-state index contributed by atoms with van der Waals surface area (Å²) in [7, 11) is 0. The van der Waals surface area contributed by atoms with E-state index in [9.17, 15) is 0 Å². The van der Waals surface area contributed by atoms with Crippen LogP contribution in [0.3, 0.4) is 0 Å². The fraction of sp³-hybridized carbons (Fsp3) is 0.143. The molecule has 0 aliphatic carbocycles. The van der Waals surface area contributed by atoms with Gasteiger partial charge in [0.1, 0.15) is 0 Å². The molecule has 0 saturated heterocycles. The first-order chi connectivity index (χ1) is 4.30. The van der Waals surface area contributed by atoms with Gasteiger partial charge < -0.3 is 16.6 Å². The van der Waals surface area contributed by atoms with E-state index in [1.165, 1.54) is 5.46 Å². The molecule has 0 atom stereocenters. The minimum absolute atomic E-state index is 0. The quantitative estimate of drug-likeness (QED) is 0.508. The first kappa shape index (κ1) is 12.8. The second kappa shape index (κ2) is 5.91. The Labute approximate surface area is 66.9 Å². The Hall–Kier alpha value is -0.835. The van der Waals surface area contributed by atoms with Crippen LogP contribution in [0.2, 0.25) is 6.82 Å². The molecule has 0 aromatic heterocycles. The third-order valence-corrected chi connectivity index (χ3v) is 1.33. The molecule has 0 radical (unpaired) electrons. The number of hydrogen-bond acceptors (Lipinski definition) is 1. The highest BCUT2D eigenvalue weighted by molar-refractivity contribution is 6.68. The van der Waals surface area contributed by atoms with E-state index < -0.39 is 0 Å². The smallest absolute Gasteiger partial charge is 0.248 e. The van der Waals surface area contributed by atoms with E-state index in [1.807, 2.05) is 37.2 Å². The van der Waals surface area contributed by atoms with Crippen LogP contribution < -0.4 is 11.1 Å². The minimum Gasteiger partial charge on any atom is -0.412 e. The average Bonchev–Trinajstić information content (AvgIpc) is 1.90. The van der Waals surface area contributed by atoms with Gasteiger partial charge in [-0.2, -0.15) is 0 Å². The van der Waals surface area contributed by atoms with Crippen molar-refractivity contribution in [3.05, 3.63) is 30.3 Å². The van der Waals surface area contributed by atoms with Gasteiger partial charge in [0.25, 0.3) is 0 Å². The molecule has 0 heterocycles. The first-order valence-corrected chi connectivity index (χ1v) is 3.11. The summed E-state index contributed by atoms with van der Waals surface area (Å²) in [6.07, 6.45) is 0. The van der Waals surface area contributed by atoms with Crippen LogP contribution in [0.4, 0.5) is 0 Å². The Morgan fingerprint density at radius 1 is 1.09 bits per heavy atom. The molecule has 0 fully saturated rings. The van der Waals surface area contributed by atoms with Crippen molar-refractivity contribution in [1.29, 1.82) is 0 Å². The van der Waals surface area contributed by atoms with E-state index >= 15 is 0 Å². The molecule has 1 aromatic rings. The second-order valence-corrected chi connectivity index (χ2v) is 2.20. The first-order valence-electron chi connectivity index (χ1n) is 3.11. The van der Waals surface area contributed by atoms with Crippen molar-refractivity contribution in [2.45, 2.75) is 6.82 Å². The third kappa shape index (κ3) is 3.77. The Morgan fingerprint density at radius 2 is 1.55 bits per heavy atom. The molecule has 0 unspecified atom stereocenters. The molecular formula is C7H14BNO2. The summed E-state index contributed by atoms with van der Waals surface area (Å²) in [6, 6.07) is 10.1. The van der Waals surface area contributed by atoms with E-state index in [0.29, 0.717) is 0 Å². The third-order valence-electron chi connectivity index (χ3n) is 1.33. The van der Waals surface area contributed by atoms with Crippen molar-refractivity contribution < 1.29 is 11.0 Å². The van der Waals surface area contributed by atoms with Gasteiger partial charge in [0, 0.05) is 0 Å². The van der Waals surface area contributed by atoms with Gasteiger partial charge in [0.15, 0.2) is 0 Å². The number of benzene rings is 1. The molecule has 0 aliphatic heterocycles. The van der Waals surface area contributed by atoms with E-state index in [0.717, 1.165) is 0 Å². The topological polar surface area (TPSA) is 89.0 Å². The van der Waals surface area contributed by atoms with Crippen LogP contribution in [-0.4, -0.2) is 17.8 Å². The van der Waals surface area contributed by atoms with E-state index in [1.54, 1.807) is 0 Å². The monoisotopic (exact) mass is 155 g/mol. The molecule has 1 rings (SSSR count). The van der Waals surface area contributed by atoms with Crippen LogP contribution >= 0.6 is 0 Å². The molecule has 1 aromatic carbocycles. The number of nitrogens with two attached hydrogens (primary N) is 1. The van der Waals surface area contributed by atoms with E-state index in [-0.39, 0.29) is 17.8 Å². The standard InChI is InChI=1S/C7H10BN.2H2O/c1-8(9)7-5-3-2-4-6-7;;/h2-6H,9H2,1H3;2*1H2. The maximum atomic E-state index is 5.61. The maximum Gasteiger partial charge on any atom is 0.248 e. The van der Waals surface area contributed by atoms with Gasteiger partial charge in [-0.3, -0.25) is 0 Å². The summed E-state index contributed by atoms with van der Waals surface area (Å²) in [5.41, 5.74) is 6.81. The average molecular weight is 155 g/mol. The van der Waals surface area contributed by atoms with E-state index in [4.69, 9.17) is 5.64 Å². The summed E-state index contributed by atoms with van der Waals surface area (Å²) in [6.45, 7) is 2.14. The minimum atomic E-state index is 0. The molecule has 0 aliphatic rings. The fourth-order valence-corrected chi connectivity index (χ4v) is 0.757. The highest BCUT2D eigenvalue weighted by atomic mass is 16.0. The molecule has 6 N–H and O–H groups in total. The lowest BCUT2D eigenvalue weighted by Crippen LogP contribution is -2.35. The fourth-order valence-electron chi connectivity index (χ4n) is 0.757. The lowest BCUT2D eigenvalue weighted by atomic mass is 9.60. The second-order valence-electron chi connectivity index (χ2n) is 2.20. The predicted molar refractivity (Wildman–Crippen MR) is 49.1 cm³/mol. The highest BCUT2D eigenvalue weighted by Gasteiger charge is 1.99. The Morgan fingerprint density at radius 3 is 1.82 bits per heavy atom. The van der Waals surface area contributed by atoms with Crippen molar-refractivity contribution >= 4 is 12.3 Å². The van der Waals surface area contributed by atoms with Crippen molar-refractivity contribution in [2.24, 2.45) is 5.64 Å². The normalized spacial score (nSPS) is 7.45. The van der Waals surface area contributed by atoms with Crippen LogP contribution in [-0.2, 0) is 0 Å². The summed E-state index contributed by atoms with van der Waals surface area (Å²) in [4.78, 5) is 0. The number of rotatable bonds is 1.